The molecule has 2 rings (SSSR count). The third-order valence-electron chi connectivity index (χ3n) is 2.09. The number of hydrogen-bond donors (Lipinski definition) is 0. The van der Waals surface area contributed by atoms with E-state index in [9.17, 15) is 14.3 Å². The summed E-state index contributed by atoms with van der Waals surface area (Å²) in [6.07, 6.45) is 0. The minimum atomic E-state index is -1.29. The molecular weight excluding hydrogens is 183 g/mol. The molecule has 0 aliphatic carbocycles. The Hall–Kier alpha value is -1.90. The van der Waals surface area contributed by atoms with Gasteiger partial charge in [0, 0.05) is 10.9 Å². The highest BCUT2D eigenvalue weighted by molar-refractivity contribution is 6.02. The van der Waals surface area contributed by atoms with Crippen molar-refractivity contribution in [3.63, 3.8) is 0 Å². The molecular formula is C11H6FO2-. The molecule has 0 bridgehead atoms. The number of rotatable bonds is 1. The number of carboxylic acid groups (broad SMARTS) is 1. The zero-order valence-corrected chi connectivity index (χ0v) is 7.16. The normalized spacial score (nSPS) is 10.4. The number of benzene rings is 2. The predicted octanol–water partition coefficient (Wildman–Crippen LogP) is 1.34. The Kier molecular flexibility index (Phi) is 1.93. The van der Waals surface area contributed by atoms with Crippen molar-refractivity contribution in [2.24, 2.45) is 0 Å². The maximum Gasteiger partial charge on any atom is 0.131 e. The van der Waals surface area contributed by atoms with Gasteiger partial charge in [0.25, 0.3) is 0 Å². The second-order valence-corrected chi connectivity index (χ2v) is 2.93. The van der Waals surface area contributed by atoms with Gasteiger partial charge in [0.1, 0.15) is 5.82 Å². The van der Waals surface area contributed by atoms with Crippen molar-refractivity contribution in [1.82, 2.24) is 0 Å². The van der Waals surface area contributed by atoms with Gasteiger partial charge in [-0.05, 0) is 11.5 Å². The fraction of sp³-hybridized carbons (Fsp3) is 0. The summed E-state index contributed by atoms with van der Waals surface area (Å²) < 4.78 is 13.2. The van der Waals surface area contributed by atoms with Crippen molar-refractivity contribution >= 4 is 16.7 Å². The van der Waals surface area contributed by atoms with Crippen molar-refractivity contribution in [2.45, 2.75) is 0 Å². The highest BCUT2D eigenvalue weighted by Gasteiger charge is 2.04. The highest BCUT2D eigenvalue weighted by atomic mass is 19.1. The number of carbonyl (C=O) groups excluding carboxylic acids is 1. The summed E-state index contributed by atoms with van der Waals surface area (Å²) in [5, 5.41) is 11.4. The molecule has 0 heterocycles. The van der Waals surface area contributed by atoms with Crippen LogP contribution in [0.4, 0.5) is 4.39 Å². The van der Waals surface area contributed by atoms with Crippen molar-refractivity contribution in [3.05, 3.63) is 47.8 Å². The maximum atomic E-state index is 13.2. The Labute approximate surface area is 79.6 Å². The molecule has 0 fully saturated rings. The number of carboxylic acids is 1. The van der Waals surface area contributed by atoms with E-state index in [-0.39, 0.29) is 5.56 Å². The van der Waals surface area contributed by atoms with Crippen LogP contribution in [0.2, 0.25) is 0 Å². The molecule has 0 aliphatic rings. The SMILES string of the molecule is O=C([O-])c1cccc2c(F)cccc12. The van der Waals surface area contributed by atoms with E-state index >= 15 is 0 Å². The summed E-state index contributed by atoms with van der Waals surface area (Å²) in [6, 6.07) is 8.76. The zero-order valence-electron chi connectivity index (χ0n) is 7.16. The monoisotopic (exact) mass is 189 g/mol. The number of fused-ring (bicyclic) bond motifs is 1. The van der Waals surface area contributed by atoms with Crippen LogP contribution in [-0.2, 0) is 0 Å². The van der Waals surface area contributed by atoms with Gasteiger partial charge in [-0.3, -0.25) is 0 Å². The van der Waals surface area contributed by atoms with Crippen LogP contribution in [0.25, 0.3) is 10.8 Å². The zero-order chi connectivity index (χ0) is 10.1. The van der Waals surface area contributed by atoms with Crippen LogP contribution in [0.3, 0.4) is 0 Å². The van der Waals surface area contributed by atoms with Gasteiger partial charge < -0.3 is 9.90 Å². The Morgan fingerprint density at radius 1 is 1.07 bits per heavy atom. The molecule has 70 valence electrons. The Balaban J connectivity index is 2.88. The van der Waals surface area contributed by atoms with Gasteiger partial charge in [-0.15, -0.1) is 0 Å². The van der Waals surface area contributed by atoms with Crippen LogP contribution in [-0.4, -0.2) is 5.97 Å². The number of hydrogen-bond acceptors (Lipinski definition) is 2. The minimum absolute atomic E-state index is 0.0157. The predicted molar refractivity (Wildman–Crippen MR) is 48.2 cm³/mol. The van der Waals surface area contributed by atoms with Crippen LogP contribution in [0.15, 0.2) is 36.4 Å². The standard InChI is InChI=1S/C11H7FO2/c12-10-6-2-3-7-8(10)4-1-5-9(7)11(13)14/h1-6H,(H,13,14)/p-1. The van der Waals surface area contributed by atoms with Crippen molar-refractivity contribution in [1.29, 1.82) is 0 Å². The molecule has 0 aromatic heterocycles. The van der Waals surface area contributed by atoms with Gasteiger partial charge in [-0.1, -0.05) is 30.3 Å². The molecule has 0 radical (unpaired) electrons. The summed E-state index contributed by atoms with van der Waals surface area (Å²) in [6.45, 7) is 0. The van der Waals surface area contributed by atoms with Gasteiger partial charge in [-0.2, -0.15) is 0 Å². The van der Waals surface area contributed by atoms with E-state index in [4.69, 9.17) is 0 Å². The lowest BCUT2D eigenvalue weighted by Gasteiger charge is -2.07. The van der Waals surface area contributed by atoms with E-state index in [0.717, 1.165) is 0 Å². The average Bonchev–Trinajstić information content (AvgIpc) is 2.17. The van der Waals surface area contributed by atoms with E-state index in [1.807, 2.05) is 0 Å². The van der Waals surface area contributed by atoms with E-state index < -0.39 is 11.8 Å². The summed E-state index contributed by atoms with van der Waals surface area (Å²) in [7, 11) is 0. The molecule has 2 aromatic rings. The lowest BCUT2D eigenvalue weighted by Crippen LogP contribution is -2.22. The van der Waals surface area contributed by atoms with Crippen LogP contribution >= 0.6 is 0 Å². The first-order valence-corrected chi connectivity index (χ1v) is 4.09. The van der Waals surface area contributed by atoms with Gasteiger partial charge in [-0.25, -0.2) is 4.39 Å². The topological polar surface area (TPSA) is 40.1 Å². The van der Waals surface area contributed by atoms with E-state index in [2.05, 4.69) is 0 Å². The maximum absolute atomic E-state index is 13.2. The molecule has 3 heteroatoms. The van der Waals surface area contributed by atoms with E-state index in [1.54, 1.807) is 6.07 Å². The first-order chi connectivity index (χ1) is 6.70. The number of halogens is 1. The van der Waals surface area contributed by atoms with E-state index in [0.29, 0.717) is 10.8 Å². The second kappa shape index (κ2) is 3.10. The molecule has 2 aromatic carbocycles. The number of aromatic carboxylic acids is 1. The molecule has 0 spiro atoms. The fourth-order valence-electron chi connectivity index (χ4n) is 1.45. The summed E-state index contributed by atoms with van der Waals surface area (Å²) in [4.78, 5) is 10.7. The molecule has 0 aliphatic heterocycles. The Morgan fingerprint density at radius 2 is 1.71 bits per heavy atom. The lowest BCUT2D eigenvalue weighted by molar-refractivity contribution is -0.254. The first-order valence-electron chi connectivity index (χ1n) is 4.09. The van der Waals surface area contributed by atoms with Crippen molar-refractivity contribution in [2.75, 3.05) is 0 Å². The summed E-state index contributed by atoms with van der Waals surface area (Å²) in [5.41, 5.74) is 0.0157. The van der Waals surface area contributed by atoms with Crippen LogP contribution < -0.4 is 5.11 Å². The molecule has 0 N–H and O–H groups in total. The number of carbonyl (C=O) groups is 1. The van der Waals surface area contributed by atoms with Crippen LogP contribution in [0.5, 0.6) is 0 Å². The van der Waals surface area contributed by atoms with Gasteiger partial charge in [0.15, 0.2) is 0 Å². The van der Waals surface area contributed by atoms with Crippen molar-refractivity contribution in [3.8, 4) is 0 Å². The molecule has 0 saturated heterocycles. The Bertz CT molecular complexity index is 506. The first kappa shape index (κ1) is 8.69. The molecule has 0 saturated carbocycles. The third kappa shape index (κ3) is 1.23. The van der Waals surface area contributed by atoms with Gasteiger partial charge >= 0.3 is 0 Å². The summed E-state index contributed by atoms with van der Waals surface area (Å²) >= 11 is 0. The second-order valence-electron chi connectivity index (χ2n) is 2.93. The average molecular weight is 189 g/mol. The van der Waals surface area contributed by atoms with Crippen molar-refractivity contribution < 1.29 is 14.3 Å². The van der Waals surface area contributed by atoms with Crippen LogP contribution in [0, 0.1) is 5.82 Å². The van der Waals surface area contributed by atoms with Crippen LogP contribution in [0.1, 0.15) is 10.4 Å². The van der Waals surface area contributed by atoms with Gasteiger partial charge in [0.05, 0.1) is 5.97 Å². The quantitative estimate of drug-likeness (QED) is 0.679. The smallest absolute Gasteiger partial charge is 0.131 e. The minimum Gasteiger partial charge on any atom is -0.545 e. The Morgan fingerprint density at radius 3 is 2.43 bits per heavy atom. The lowest BCUT2D eigenvalue weighted by atomic mass is 10.0. The molecule has 0 amide bonds. The largest absolute Gasteiger partial charge is 0.545 e. The third-order valence-corrected chi connectivity index (χ3v) is 2.09. The molecule has 2 nitrogen and oxygen atoms in total. The fourth-order valence-corrected chi connectivity index (χ4v) is 1.45. The molecule has 0 atom stereocenters. The van der Waals surface area contributed by atoms with E-state index in [1.165, 1.54) is 30.3 Å². The summed E-state index contributed by atoms with van der Waals surface area (Å²) in [5.74, 6) is -1.72. The highest BCUT2D eigenvalue weighted by Crippen LogP contribution is 2.20. The van der Waals surface area contributed by atoms with Gasteiger partial charge in [0.2, 0.25) is 0 Å². The molecule has 14 heavy (non-hydrogen) atoms. The molecule has 0 unspecified atom stereocenters.